The summed E-state index contributed by atoms with van der Waals surface area (Å²) in [7, 11) is 0. The van der Waals surface area contributed by atoms with Gasteiger partial charge in [0.1, 0.15) is 18.1 Å². The Morgan fingerprint density at radius 1 is 1.15 bits per heavy atom. The summed E-state index contributed by atoms with van der Waals surface area (Å²) in [6, 6.07) is 15.0. The van der Waals surface area contributed by atoms with Crippen molar-refractivity contribution >= 4 is 5.91 Å². The van der Waals surface area contributed by atoms with E-state index in [-0.39, 0.29) is 12.0 Å². The summed E-state index contributed by atoms with van der Waals surface area (Å²) < 4.78 is 16.8. The van der Waals surface area contributed by atoms with E-state index in [9.17, 15) is 4.79 Å². The zero-order chi connectivity index (χ0) is 18.2. The van der Waals surface area contributed by atoms with Crippen molar-refractivity contribution in [2.24, 2.45) is 0 Å². The van der Waals surface area contributed by atoms with Crippen LogP contribution in [0, 0.1) is 0 Å². The summed E-state index contributed by atoms with van der Waals surface area (Å²) in [5.74, 6) is 1.27. The first-order valence-electron chi connectivity index (χ1n) is 9.09. The summed E-state index contributed by atoms with van der Waals surface area (Å²) in [6.45, 7) is 4.30. The number of hydrogen-bond donors (Lipinski definition) is 1. The molecule has 1 unspecified atom stereocenters. The average Bonchev–Trinajstić information content (AvgIpc) is 3.20. The van der Waals surface area contributed by atoms with Crippen LogP contribution in [0.15, 0.2) is 48.5 Å². The molecule has 2 aromatic carbocycles. The highest BCUT2D eigenvalue weighted by atomic mass is 16.5. The predicted octanol–water partition coefficient (Wildman–Crippen LogP) is 3.57. The van der Waals surface area contributed by atoms with Crippen LogP contribution in [0.25, 0.3) is 0 Å². The smallest absolute Gasteiger partial charge is 0.255 e. The lowest BCUT2D eigenvalue weighted by atomic mass is 10.1. The van der Waals surface area contributed by atoms with Gasteiger partial charge in [-0.2, -0.15) is 0 Å². The number of nitrogens with one attached hydrogen (secondary N) is 1. The van der Waals surface area contributed by atoms with Crippen molar-refractivity contribution in [3.63, 3.8) is 0 Å². The van der Waals surface area contributed by atoms with E-state index in [1.165, 1.54) is 0 Å². The summed E-state index contributed by atoms with van der Waals surface area (Å²) in [4.78, 5) is 12.4. The largest absolute Gasteiger partial charge is 0.493 e. The van der Waals surface area contributed by atoms with Gasteiger partial charge in [0.15, 0.2) is 0 Å². The number of benzene rings is 2. The van der Waals surface area contributed by atoms with Gasteiger partial charge >= 0.3 is 0 Å². The molecule has 5 heteroatoms. The Bertz CT molecular complexity index is 708. The molecule has 1 atom stereocenters. The van der Waals surface area contributed by atoms with Crippen LogP contribution in [0.5, 0.6) is 11.5 Å². The first-order valence-corrected chi connectivity index (χ1v) is 9.09. The van der Waals surface area contributed by atoms with E-state index in [2.05, 4.69) is 5.32 Å². The van der Waals surface area contributed by atoms with Crippen molar-refractivity contribution in [2.75, 3.05) is 19.8 Å². The van der Waals surface area contributed by atoms with E-state index >= 15 is 0 Å². The number of ether oxygens (including phenoxy) is 3. The maximum atomic E-state index is 12.4. The molecule has 1 N–H and O–H groups in total. The molecular weight excluding hydrogens is 330 g/mol. The number of para-hydroxylation sites is 1. The Labute approximate surface area is 154 Å². The highest BCUT2D eigenvalue weighted by molar-refractivity contribution is 5.96. The van der Waals surface area contributed by atoms with Crippen molar-refractivity contribution in [1.82, 2.24) is 5.32 Å². The Kier molecular flexibility index (Phi) is 6.50. The van der Waals surface area contributed by atoms with Gasteiger partial charge in [0.25, 0.3) is 5.91 Å². The maximum Gasteiger partial charge on any atom is 0.255 e. The van der Waals surface area contributed by atoms with Gasteiger partial charge in [-0.1, -0.05) is 24.3 Å². The first kappa shape index (κ1) is 18.3. The molecular formula is C21H25NO4. The lowest BCUT2D eigenvalue weighted by molar-refractivity contribution is 0.0679. The predicted molar refractivity (Wildman–Crippen MR) is 99.7 cm³/mol. The third-order valence-corrected chi connectivity index (χ3v) is 4.27. The molecule has 1 heterocycles. The van der Waals surface area contributed by atoms with E-state index in [1.54, 1.807) is 12.1 Å². The molecule has 0 spiro atoms. The minimum atomic E-state index is -0.146. The molecule has 0 aromatic heterocycles. The van der Waals surface area contributed by atoms with Crippen LogP contribution in [-0.4, -0.2) is 31.8 Å². The molecule has 2 aromatic rings. The summed E-state index contributed by atoms with van der Waals surface area (Å²) in [5, 5.41) is 2.93. The van der Waals surface area contributed by atoms with E-state index in [0.29, 0.717) is 31.1 Å². The monoisotopic (exact) mass is 355 g/mol. The Balaban J connectivity index is 1.50. The minimum absolute atomic E-state index is 0.146. The lowest BCUT2D eigenvalue weighted by Gasteiger charge is -2.12. The fourth-order valence-corrected chi connectivity index (χ4v) is 2.88. The molecule has 3 rings (SSSR count). The molecule has 0 bridgehead atoms. The maximum absolute atomic E-state index is 12.4. The molecule has 1 aliphatic rings. The van der Waals surface area contributed by atoms with Crippen LogP contribution in [0.2, 0.25) is 0 Å². The SMILES string of the molecule is CCOc1ccccc1C(=O)NCc1ccc(OCC2CCCO2)cc1. The Morgan fingerprint density at radius 3 is 2.69 bits per heavy atom. The van der Waals surface area contributed by atoms with Crippen molar-refractivity contribution in [3.8, 4) is 11.5 Å². The number of hydrogen-bond acceptors (Lipinski definition) is 4. The van der Waals surface area contributed by atoms with Crippen LogP contribution in [0.4, 0.5) is 0 Å². The first-order chi connectivity index (χ1) is 12.8. The minimum Gasteiger partial charge on any atom is -0.493 e. The topological polar surface area (TPSA) is 56.8 Å². The zero-order valence-corrected chi connectivity index (χ0v) is 15.1. The molecule has 1 fully saturated rings. The van der Waals surface area contributed by atoms with Gasteiger partial charge in [-0.3, -0.25) is 4.79 Å². The van der Waals surface area contributed by atoms with Gasteiger partial charge in [-0.25, -0.2) is 0 Å². The molecule has 0 radical (unpaired) electrons. The van der Waals surface area contributed by atoms with Gasteiger partial charge in [0, 0.05) is 13.2 Å². The van der Waals surface area contributed by atoms with Crippen molar-refractivity contribution in [2.45, 2.75) is 32.4 Å². The quantitative estimate of drug-likeness (QED) is 0.786. The fourth-order valence-electron chi connectivity index (χ4n) is 2.88. The average molecular weight is 355 g/mol. The number of rotatable bonds is 8. The summed E-state index contributed by atoms with van der Waals surface area (Å²) >= 11 is 0. The molecule has 26 heavy (non-hydrogen) atoms. The third kappa shape index (κ3) is 4.99. The van der Waals surface area contributed by atoms with Gasteiger partial charge in [-0.15, -0.1) is 0 Å². The fraction of sp³-hybridized carbons (Fsp3) is 0.381. The van der Waals surface area contributed by atoms with Crippen LogP contribution in [-0.2, 0) is 11.3 Å². The van der Waals surface area contributed by atoms with Crippen LogP contribution in [0.1, 0.15) is 35.7 Å². The standard InChI is InChI=1S/C21H25NO4/c1-2-24-20-8-4-3-7-19(20)21(23)22-14-16-9-11-17(12-10-16)26-15-18-6-5-13-25-18/h3-4,7-12,18H,2,5-6,13-15H2,1H3,(H,22,23). The van der Waals surface area contributed by atoms with Gasteiger partial charge < -0.3 is 19.5 Å². The van der Waals surface area contributed by atoms with Gasteiger partial charge in [0.2, 0.25) is 0 Å². The second-order valence-electron chi connectivity index (χ2n) is 6.20. The molecule has 0 aliphatic carbocycles. The van der Waals surface area contributed by atoms with Gasteiger partial charge in [0.05, 0.1) is 18.3 Å². The summed E-state index contributed by atoms with van der Waals surface area (Å²) in [6.07, 6.45) is 2.38. The highest BCUT2D eigenvalue weighted by Gasteiger charge is 2.16. The second kappa shape index (κ2) is 9.25. The van der Waals surface area contributed by atoms with E-state index in [0.717, 1.165) is 30.8 Å². The van der Waals surface area contributed by atoms with Crippen molar-refractivity contribution in [3.05, 3.63) is 59.7 Å². The normalized spacial score (nSPS) is 16.3. The third-order valence-electron chi connectivity index (χ3n) is 4.27. The highest BCUT2D eigenvalue weighted by Crippen LogP contribution is 2.19. The zero-order valence-electron chi connectivity index (χ0n) is 15.1. The number of carbonyl (C=O) groups excluding carboxylic acids is 1. The number of carbonyl (C=O) groups is 1. The molecule has 1 saturated heterocycles. The molecule has 1 amide bonds. The second-order valence-corrected chi connectivity index (χ2v) is 6.20. The number of amides is 1. The summed E-state index contributed by atoms with van der Waals surface area (Å²) in [5.41, 5.74) is 1.56. The van der Waals surface area contributed by atoms with Crippen molar-refractivity contribution < 1.29 is 19.0 Å². The molecule has 5 nitrogen and oxygen atoms in total. The van der Waals surface area contributed by atoms with Crippen LogP contribution < -0.4 is 14.8 Å². The lowest BCUT2D eigenvalue weighted by Crippen LogP contribution is -2.23. The molecule has 1 aliphatic heterocycles. The van der Waals surface area contributed by atoms with E-state index < -0.39 is 0 Å². The van der Waals surface area contributed by atoms with E-state index in [1.807, 2.05) is 43.3 Å². The van der Waals surface area contributed by atoms with Gasteiger partial charge in [-0.05, 0) is 49.6 Å². The Morgan fingerprint density at radius 2 is 1.96 bits per heavy atom. The van der Waals surface area contributed by atoms with E-state index in [4.69, 9.17) is 14.2 Å². The molecule has 138 valence electrons. The molecule has 0 saturated carbocycles. The van der Waals surface area contributed by atoms with Crippen LogP contribution >= 0.6 is 0 Å². The van der Waals surface area contributed by atoms with Crippen LogP contribution in [0.3, 0.4) is 0 Å². The van der Waals surface area contributed by atoms with Crippen molar-refractivity contribution in [1.29, 1.82) is 0 Å². The Hall–Kier alpha value is -2.53.